The number of aromatic nitrogens is 2. The first-order valence-corrected chi connectivity index (χ1v) is 9.99. The molecule has 1 aliphatic rings. The Morgan fingerprint density at radius 2 is 1.80 bits per heavy atom. The van der Waals surface area contributed by atoms with Gasteiger partial charge in [0.1, 0.15) is 5.69 Å². The lowest BCUT2D eigenvalue weighted by Gasteiger charge is -2.36. The number of hydrogen-bond acceptors (Lipinski definition) is 6. The van der Waals surface area contributed by atoms with Crippen molar-refractivity contribution in [1.82, 2.24) is 20.0 Å². The van der Waals surface area contributed by atoms with E-state index in [9.17, 15) is 14.4 Å². The number of carbonyl (C=O) groups is 2. The number of hydrogen-bond donors (Lipinski definition) is 1. The Balaban J connectivity index is 1.49. The molecule has 3 rings (SSSR count). The van der Waals surface area contributed by atoms with E-state index in [4.69, 9.17) is 16.3 Å². The van der Waals surface area contributed by atoms with E-state index >= 15 is 0 Å². The van der Waals surface area contributed by atoms with Crippen molar-refractivity contribution in [3.05, 3.63) is 57.5 Å². The molecule has 1 N–H and O–H groups in total. The lowest BCUT2D eigenvalue weighted by atomic mass is 10.2. The van der Waals surface area contributed by atoms with Gasteiger partial charge in [-0.2, -0.15) is 5.10 Å². The van der Waals surface area contributed by atoms with Gasteiger partial charge in [-0.15, -0.1) is 0 Å². The second kappa shape index (κ2) is 10.2. The van der Waals surface area contributed by atoms with E-state index in [-0.39, 0.29) is 30.2 Å². The number of anilines is 1. The number of halogens is 1. The van der Waals surface area contributed by atoms with Crippen LogP contribution in [0.5, 0.6) is 0 Å². The van der Waals surface area contributed by atoms with Crippen molar-refractivity contribution in [3.8, 4) is 0 Å². The predicted molar refractivity (Wildman–Crippen MR) is 113 cm³/mol. The van der Waals surface area contributed by atoms with Gasteiger partial charge in [0.15, 0.2) is 0 Å². The largest absolute Gasteiger partial charge is 0.383 e. The van der Waals surface area contributed by atoms with Crippen LogP contribution in [0.25, 0.3) is 0 Å². The van der Waals surface area contributed by atoms with Gasteiger partial charge in [-0.25, -0.2) is 4.68 Å². The molecule has 1 aromatic carbocycles. The lowest BCUT2D eigenvalue weighted by molar-refractivity contribution is -0.130. The number of nitrogens with zero attached hydrogens (tertiary/aromatic N) is 4. The van der Waals surface area contributed by atoms with Gasteiger partial charge in [0.25, 0.3) is 11.5 Å². The highest BCUT2D eigenvalue weighted by atomic mass is 35.5. The molecule has 0 unspecified atom stereocenters. The van der Waals surface area contributed by atoms with Gasteiger partial charge in [-0.05, 0) is 30.3 Å². The zero-order chi connectivity index (χ0) is 21.5. The summed E-state index contributed by atoms with van der Waals surface area (Å²) in [4.78, 5) is 40.5. The Morgan fingerprint density at radius 3 is 2.47 bits per heavy atom. The average molecular weight is 434 g/mol. The number of carbonyl (C=O) groups excluding carboxylic acids is 2. The van der Waals surface area contributed by atoms with Crippen LogP contribution in [0, 0.1) is 0 Å². The molecule has 0 atom stereocenters. The molecule has 1 aliphatic heterocycles. The molecular weight excluding hydrogens is 410 g/mol. The second-order valence-electron chi connectivity index (χ2n) is 6.80. The summed E-state index contributed by atoms with van der Waals surface area (Å²) >= 11 is 5.93. The van der Waals surface area contributed by atoms with Gasteiger partial charge in [-0.1, -0.05) is 11.6 Å². The van der Waals surface area contributed by atoms with E-state index in [1.807, 2.05) is 24.3 Å². The van der Waals surface area contributed by atoms with Crippen molar-refractivity contribution in [2.45, 2.75) is 6.54 Å². The molecule has 2 aromatic rings. The van der Waals surface area contributed by atoms with Crippen molar-refractivity contribution in [2.24, 2.45) is 0 Å². The number of rotatable bonds is 7. The van der Waals surface area contributed by atoms with Crippen LogP contribution in [0.2, 0.25) is 5.02 Å². The summed E-state index contributed by atoms with van der Waals surface area (Å²) in [6, 6.07) is 10.2. The number of benzene rings is 1. The molecule has 160 valence electrons. The molecule has 1 aromatic heterocycles. The minimum Gasteiger partial charge on any atom is -0.383 e. The summed E-state index contributed by atoms with van der Waals surface area (Å²) in [6.45, 7) is 2.96. The Morgan fingerprint density at radius 1 is 1.10 bits per heavy atom. The van der Waals surface area contributed by atoms with Crippen LogP contribution < -0.4 is 15.8 Å². The monoisotopic (exact) mass is 433 g/mol. The molecule has 0 spiro atoms. The van der Waals surface area contributed by atoms with E-state index in [0.29, 0.717) is 37.8 Å². The van der Waals surface area contributed by atoms with Crippen LogP contribution in [0.3, 0.4) is 0 Å². The molecule has 30 heavy (non-hydrogen) atoms. The molecule has 0 aliphatic carbocycles. The van der Waals surface area contributed by atoms with E-state index in [1.165, 1.54) is 19.2 Å². The highest BCUT2D eigenvalue weighted by Crippen LogP contribution is 2.19. The number of amides is 2. The molecular formula is C20H24ClN5O4. The first kappa shape index (κ1) is 21.8. The first-order chi connectivity index (χ1) is 14.5. The van der Waals surface area contributed by atoms with E-state index in [2.05, 4.69) is 15.3 Å². The Labute approximate surface area is 179 Å². The third-order valence-electron chi connectivity index (χ3n) is 4.83. The van der Waals surface area contributed by atoms with E-state index < -0.39 is 5.91 Å². The summed E-state index contributed by atoms with van der Waals surface area (Å²) in [7, 11) is 1.52. The lowest BCUT2D eigenvalue weighted by Crippen LogP contribution is -2.51. The second-order valence-corrected chi connectivity index (χ2v) is 7.24. The van der Waals surface area contributed by atoms with Crippen LogP contribution in [0.1, 0.15) is 10.5 Å². The van der Waals surface area contributed by atoms with Crippen LogP contribution in [-0.2, 0) is 16.1 Å². The maximum absolute atomic E-state index is 12.5. The van der Waals surface area contributed by atoms with Gasteiger partial charge < -0.3 is 19.9 Å². The minimum atomic E-state index is -0.505. The molecule has 0 saturated carbocycles. The highest BCUT2D eigenvalue weighted by molar-refractivity contribution is 6.30. The van der Waals surface area contributed by atoms with Gasteiger partial charge >= 0.3 is 0 Å². The van der Waals surface area contributed by atoms with Gasteiger partial charge in [0.05, 0.1) is 19.7 Å². The Kier molecular flexibility index (Phi) is 7.42. The zero-order valence-corrected chi connectivity index (χ0v) is 17.5. The summed E-state index contributed by atoms with van der Waals surface area (Å²) in [5, 5.41) is 7.29. The Hall–Kier alpha value is -2.91. The molecule has 1 saturated heterocycles. The third-order valence-corrected chi connectivity index (χ3v) is 5.08. The van der Waals surface area contributed by atoms with E-state index in [1.54, 1.807) is 4.90 Å². The van der Waals surface area contributed by atoms with Crippen LogP contribution in [0.4, 0.5) is 5.69 Å². The van der Waals surface area contributed by atoms with Gasteiger partial charge in [0.2, 0.25) is 5.91 Å². The quantitative estimate of drug-likeness (QED) is 0.687. The van der Waals surface area contributed by atoms with Crippen LogP contribution >= 0.6 is 11.6 Å². The summed E-state index contributed by atoms with van der Waals surface area (Å²) in [5.74, 6) is -0.666. The molecule has 1 fully saturated rings. The topological polar surface area (TPSA) is 96.8 Å². The smallest absolute Gasteiger partial charge is 0.272 e. The van der Waals surface area contributed by atoms with Gasteiger partial charge in [-0.3, -0.25) is 14.4 Å². The molecule has 10 heteroatoms. The van der Waals surface area contributed by atoms with Crippen LogP contribution in [-0.4, -0.2) is 72.9 Å². The predicted octanol–water partition coefficient (Wildman–Crippen LogP) is 0.622. The fraction of sp³-hybridized carbons (Fsp3) is 0.400. The third kappa shape index (κ3) is 5.58. The van der Waals surface area contributed by atoms with Crippen molar-refractivity contribution < 1.29 is 14.3 Å². The Bertz CT molecular complexity index is 939. The maximum atomic E-state index is 12.5. The van der Waals surface area contributed by atoms with Crippen molar-refractivity contribution >= 4 is 29.1 Å². The number of piperazine rings is 1. The van der Waals surface area contributed by atoms with Crippen molar-refractivity contribution in [2.75, 3.05) is 51.3 Å². The summed E-state index contributed by atoms with van der Waals surface area (Å²) in [5.41, 5.74) is 0.818. The minimum absolute atomic E-state index is 0.0751. The maximum Gasteiger partial charge on any atom is 0.272 e. The fourth-order valence-electron chi connectivity index (χ4n) is 3.13. The molecule has 9 nitrogen and oxygen atoms in total. The summed E-state index contributed by atoms with van der Waals surface area (Å²) < 4.78 is 6.09. The van der Waals surface area contributed by atoms with E-state index in [0.717, 1.165) is 10.4 Å². The standard InChI is InChI=1S/C20H24ClN5O4/c1-30-13-12-26-18(27)7-6-17(23-26)20(29)22-14-19(28)25-10-8-24(9-11-25)16-4-2-15(21)3-5-16/h2-7H,8-14H2,1H3,(H,22,29). The first-order valence-electron chi connectivity index (χ1n) is 9.61. The number of nitrogens with one attached hydrogen (secondary N) is 1. The highest BCUT2D eigenvalue weighted by Gasteiger charge is 2.22. The van der Waals surface area contributed by atoms with Gasteiger partial charge in [0, 0.05) is 50.1 Å². The summed E-state index contributed by atoms with van der Waals surface area (Å²) in [6.07, 6.45) is 0. The zero-order valence-electron chi connectivity index (χ0n) is 16.7. The van der Waals surface area contributed by atoms with Crippen molar-refractivity contribution in [3.63, 3.8) is 0 Å². The SMILES string of the molecule is COCCn1nc(C(=O)NCC(=O)N2CCN(c3ccc(Cl)cc3)CC2)ccc1=O. The fourth-order valence-corrected chi connectivity index (χ4v) is 3.26. The molecule has 2 heterocycles. The average Bonchev–Trinajstić information content (AvgIpc) is 2.77. The van der Waals surface area contributed by atoms with Crippen molar-refractivity contribution in [1.29, 1.82) is 0 Å². The molecule has 0 radical (unpaired) electrons. The molecule has 0 bridgehead atoms. The number of ether oxygens (including phenoxy) is 1. The number of methoxy groups -OCH3 is 1. The molecule has 2 amide bonds. The normalized spacial score (nSPS) is 13.9. The van der Waals surface area contributed by atoms with Crippen LogP contribution in [0.15, 0.2) is 41.2 Å².